The van der Waals surface area contributed by atoms with Crippen LogP contribution in [0.25, 0.3) is 27.7 Å². The summed E-state index contributed by atoms with van der Waals surface area (Å²) in [4.78, 5) is 12.9. The van der Waals surface area contributed by atoms with E-state index in [1.165, 1.54) is 53.3 Å². The summed E-state index contributed by atoms with van der Waals surface area (Å²) < 4.78 is 85.2. The highest BCUT2D eigenvalue weighted by molar-refractivity contribution is 7.90. The molecule has 0 saturated carbocycles. The Balaban J connectivity index is 1.57. The highest BCUT2D eigenvalue weighted by atomic mass is 32.2. The molecular formula is C27H18F4N2O4S. The summed E-state index contributed by atoms with van der Waals surface area (Å²) >= 11 is 0. The maximum absolute atomic E-state index is 13.9. The number of benzene rings is 3. The lowest BCUT2D eigenvalue weighted by Gasteiger charge is -2.15. The van der Waals surface area contributed by atoms with E-state index in [9.17, 15) is 30.8 Å². The molecule has 0 N–H and O–H groups in total. The average molecular weight is 543 g/mol. The van der Waals surface area contributed by atoms with Crippen molar-refractivity contribution in [3.63, 3.8) is 0 Å². The molecule has 2 aromatic heterocycles. The maximum Gasteiger partial charge on any atom is 0.416 e. The van der Waals surface area contributed by atoms with E-state index in [1.54, 1.807) is 19.1 Å². The lowest BCUT2D eigenvalue weighted by Crippen LogP contribution is -2.18. The number of halogens is 4. The number of pyridine rings is 1. The van der Waals surface area contributed by atoms with E-state index in [2.05, 4.69) is 5.16 Å². The predicted molar refractivity (Wildman–Crippen MR) is 132 cm³/mol. The molecule has 0 saturated heterocycles. The van der Waals surface area contributed by atoms with Gasteiger partial charge in [-0.15, -0.1) is 0 Å². The number of aromatic nitrogens is 2. The van der Waals surface area contributed by atoms with Crippen molar-refractivity contribution in [2.75, 3.05) is 0 Å². The van der Waals surface area contributed by atoms with Crippen molar-refractivity contribution in [2.24, 2.45) is 0 Å². The molecule has 5 aromatic rings. The molecule has 194 valence electrons. The fourth-order valence-corrected chi connectivity index (χ4v) is 5.55. The Bertz CT molecular complexity index is 1840. The predicted octanol–water partition coefficient (Wildman–Crippen LogP) is 6.09. The molecule has 0 aliphatic rings. The van der Waals surface area contributed by atoms with Crippen LogP contribution in [0.2, 0.25) is 0 Å². The van der Waals surface area contributed by atoms with Crippen LogP contribution in [0.5, 0.6) is 0 Å². The first-order valence-corrected chi connectivity index (χ1v) is 12.8. The van der Waals surface area contributed by atoms with Gasteiger partial charge < -0.3 is 4.52 Å². The van der Waals surface area contributed by atoms with Crippen LogP contribution < -0.4 is 5.56 Å². The first-order chi connectivity index (χ1) is 17.9. The molecule has 0 aliphatic carbocycles. The molecule has 0 aliphatic heterocycles. The van der Waals surface area contributed by atoms with Gasteiger partial charge in [0.15, 0.2) is 9.84 Å². The van der Waals surface area contributed by atoms with Gasteiger partial charge in [-0.1, -0.05) is 11.2 Å². The summed E-state index contributed by atoms with van der Waals surface area (Å²) in [6.07, 6.45) is -3.43. The summed E-state index contributed by atoms with van der Waals surface area (Å²) in [5.74, 6) is -1.37. The smallest absolute Gasteiger partial charge is 0.364 e. The van der Waals surface area contributed by atoms with Gasteiger partial charge in [0.05, 0.1) is 27.4 Å². The van der Waals surface area contributed by atoms with E-state index in [0.717, 1.165) is 12.1 Å². The van der Waals surface area contributed by atoms with Gasteiger partial charge in [-0.05, 0) is 78.2 Å². The van der Waals surface area contributed by atoms with Crippen LogP contribution in [-0.2, 0) is 21.8 Å². The van der Waals surface area contributed by atoms with Crippen LogP contribution in [0, 0.1) is 12.7 Å². The summed E-state index contributed by atoms with van der Waals surface area (Å²) in [5, 5.41) is 4.12. The Labute approximate surface area is 213 Å². The molecule has 0 fully saturated rings. The molecule has 2 heterocycles. The van der Waals surface area contributed by atoms with Gasteiger partial charge in [-0.25, -0.2) is 12.8 Å². The summed E-state index contributed by atoms with van der Waals surface area (Å²) in [5.41, 5.74) is 0.549. The number of rotatable bonds is 5. The van der Waals surface area contributed by atoms with E-state index >= 15 is 0 Å². The van der Waals surface area contributed by atoms with Crippen LogP contribution in [-0.4, -0.2) is 18.1 Å². The second kappa shape index (κ2) is 9.25. The lowest BCUT2D eigenvalue weighted by atomic mass is 9.99. The van der Waals surface area contributed by atoms with Crippen molar-refractivity contribution in [1.82, 2.24) is 9.72 Å². The van der Waals surface area contributed by atoms with Gasteiger partial charge in [0.2, 0.25) is 0 Å². The molecule has 11 heteroatoms. The number of fused-ring (bicyclic) bond motifs is 1. The topological polar surface area (TPSA) is 82.2 Å². The van der Waals surface area contributed by atoms with Gasteiger partial charge in [0.1, 0.15) is 17.8 Å². The van der Waals surface area contributed by atoms with Gasteiger partial charge in [0.25, 0.3) is 5.56 Å². The molecule has 0 spiro atoms. The van der Waals surface area contributed by atoms with E-state index in [1.807, 2.05) is 0 Å². The number of sulfone groups is 1. The van der Waals surface area contributed by atoms with E-state index in [-0.39, 0.29) is 21.9 Å². The monoisotopic (exact) mass is 542 g/mol. The van der Waals surface area contributed by atoms with Gasteiger partial charge in [-0.2, -0.15) is 13.2 Å². The molecule has 0 amide bonds. The third-order valence-corrected chi connectivity index (χ3v) is 7.70. The molecule has 6 nitrogen and oxygen atoms in total. The highest BCUT2D eigenvalue weighted by Crippen LogP contribution is 2.34. The molecule has 0 radical (unpaired) electrons. The van der Waals surface area contributed by atoms with Crippen molar-refractivity contribution in [3.05, 3.63) is 112 Å². The molecule has 0 atom stereocenters. The Hall–Kier alpha value is -4.25. The van der Waals surface area contributed by atoms with Gasteiger partial charge >= 0.3 is 6.18 Å². The van der Waals surface area contributed by atoms with Crippen LogP contribution >= 0.6 is 0 Å². The zero-order valence-corrected chi connectivity index (χ0v) is 20.5. The zero-order chi connectivity index (χ0) is 27.2. The normalized spacial score (nSPS) is 12.2. The minimum Gasteiger partial charge on any atom is -0.364 e. The first kappa shape index (κ1) is 25.4. The fourth-order valence-electron chi connectivity index (χ4n) is 4.26. The minimum absolute atomic E-state index is 0.0387. The Morgan fingerprint density at radius 2 is 1.71 bits per heavy atom. The summed E-state index contributed by atoms with van der Waals surface area (Å²) in [6.45, 7) is 1.67. The third-order valence-electron chi connectivity index (χ3n) is 6.05. The van der Waals surface area contributed by atoms with Gasteiger partial charge in [-0.3, -0.25) is 9.36 Å². The zero-order valence-electron chi connectivity index (χ0n) is 19.7. The number of hydrogen-bond donors (Lipinski definition) is 0. The van der Waals surface area contributed by atoms with Crippen molar-refractivity contribution in [2.45, 2.75) is 23.7 Å². The van der Waals surface area contributed by atoms with Gasteiger partial charge in [0, 0.05) is 17.5 Å². The maximum atomic E-state index is 13.9. The number of hydrogen-bond acceptors (Lipinski definition) is 5. The fraction of sp³-hybridized carbons (Fsp3) is 0.111. The van der Waals surface area contributed by atoms with Crippen LogP contribution in [0.1, 0.15) is 16.8 Å². The summed E-state index contributed by atoms with van der Waals surface area (Å²) in [7, 11) is -3.74. The number of alkyl halides is 3. The Morgan fingerprint density at radius 1 is 0.921 bits per heavy atom. The number of aryl methyl sites for hydroxylation is 1. The molecule has 0 unspecified atom stereocenters. The van der Waals surface area contributed by atoms with E-state index < -0.39 is 33.0 Å². The average Bonchev–Trinajstić information content (AvgIpc) is 3.35. The van der Waals surface area contributed by atoms with Crippen molar-refractivity contribution in [3.8, 4) is 16.8 Å². The van der Waals surface area contributed by atoms with Crippen molar-refractivity contribution in [1.29, 1.82) is 0 Å². The molecule has 3 aromatic carbocycles. The third kappa shape index (κ3) is 4.84. The number of nitrogens with zero attached hydrogens (tertiary/aromatic N) is 2. The van der Waals surface area contributed by atoms with Crippen LogP contribution in [0.3, 0.4) is 0 Å². The second-order valence-electron chi connectivity index (χ2n) is 8.71. The van der Waals surface area contributed by atoms with Crippen molar-refractivity contribution >= 4 is 20.7 Å². The standard InChI is InChI=1S/C27H18F4N2O4S/c1-16-10-17(19-11-20(27(29,30)31)14-21(28)12-19)2-5-24(16)33-25-6-4-23(13-18(25)3-7-26(33)34)38(35,36)15-22-8-9-37-32-22/h2-14H,15H2,1H3. The van der Waals surface area contributed by atoms with E-state index in [4.69, 9.17) is 4.52 Å². The second-order valence-corrected chi connectivity index (χ2v) is 10.7. The summed E-state index contributed by atoms with van der Waals surface area (Å²) in [6, 6.07) is 15.5. The van der Waals surface area contributed by atoms with Crippen molar-refractivity contribution < 1.29 is 30.5 Å². The van der Waals surface area contributed by atoms with E-state index in [0.29, 0.717) is 33.8 Å². The highest BCUT2D eigenvalue weighted by Gasteiger charge is 2.31. The molecule has 0 bridgehead atoms. The Kier molecular flexibility index (Phi) is 6.18. The quantitative estimate of drug-likeness (QED) is 0.251. The molecule has 38 heavy (non-hydrogen) atoms. The lowest BCUT2D eigenvalue weighted by molar-refractivity contribution is -0.137. The minimum atomic E-state index is -4.70. The largest absolute Gasteiger partial charge is 0.416 e. The molecule has 5 rings (SSSR count). The first-order valence-electron chi connectivity index (χ1n) is 11.2. The SMILES string of the molecule is Cc1cc(-c2cc(F)cc(C(F)(F)F)c2)ccc1-n1c(=O)ccc2cc(S(=O)(=O)Cc3ccon3)ccc21. The van der Waals surface area contributed by atoms with Crippen LogP contribution in [0.15, 0.2) is 93.3 Å². The molecular weight excluding hydrogens is 524 g/mol. The van der Waals surface area contributed by atoms with Crippen LogP contribution in [0.4, 0.5) is 17.6 Å². The Morgan fingerprint density at radius 3 is 2.39 bits per heavy atom.